The van der Waals surface area contributed by atoms with Gasteiger partial charge in [0, 0.05) is 12.8 Å². The molecule has 142 valence electrons. The van der Waals surface area contributed by atoms with Gasteiger partial charge in [-0.15, -0.1) is 11.8 Å². The number of carbonyl (C=O) groups excluding carboxylic acids is 1. The van der Waals surface area contributed by atoms with Crippen molar-refractivity contribution in [3.05, 3.63) is 71.8 Å². The molecule has 3 heteroatoms. The van der Waals surface area contributed by atoms with Gasteiger partial charge in [-0.2, -0.15) is 0 Å². The van der Waals surface area contributed by atoms with Crippen molar-refractivity contribution in [1.82, 2.24) is 0 Å². The molecule has 0 heterocycles. The summed E-state index contributed by atoms with van der Waals surface area (Å²) in [6.45, 7) is 2.36. The molecular weight excluding hydrogens is 334 g/mol. The molecule has 1 atom stereocenters. The molecule has 2 rings (SSSR count). The smallest absolute Gasteiger partial charge is 0.327 e. The van der Waals surface area contributed by atoms with Crippen molar-refractivity contribution in [1.29, 1.82) is 0 Å². The van der Waals surface area contributed by atoms with E-state index in [2.05, 4.69) is 18.8 Å². The zero-order valence-corrected chi connectivity index (χ0v) is 16.1. The van der Waals surface area contributed by atoms with Gasteiger partial charge in [0.1, 0.15) is 12.1 Å². The normalized spacial score (nSPS) is 12.5. The second-order valence-electron chi connectivity index (χ2n) is 6.84. The Balaban J connectivity index is 2.01. The first kappa shape index (κ1) is 20.7. The summed E-state index contributed by atoms with van der Waals surface area (Å²) in [6.07, 6.45) is 4.55. The fourth-order valence-corrected chi connectivity index (χ4v) is 2.72. The molecule has 27 heavy (non-hydrogen) atoms. The molecular formula is C24H29NO2. The summed E-state index contributed by atoms with van der Waals surface area (Å²) in [5, 5.41) is 0. The number of unbranched alkanes of at least 4 members (excludes halogenated alkanes) is 2. The van der Waals surface area contributed by atoms with Gasteiger partial charge in [-0.1, -0.05) is 74.0 Å². The number of carbonyl (C=O) groups is 1. The Kier molecular flexibility index (Phi) is 8.61. The van der Waals surface area contributed by atoms with Crippen LogP contribution in [0.4, 0.5) is 0 Å². The van der Waals surface area contributed by atoms with Crippen LogP contribution in [-0.2, 0) is 22.6 Å². The molecule has 0 saturated carbocycles. The Morgan fingerprint density at radius 1 is 1.00 bits per heavy atom. The van der Waals surface area contributed by atoms with Gasteiger partial charge in [0.05, 0.1) is 0 Å². The molecule has 0 aliphatic rings. The van der Waals surface area contributed by atoms with E-state index in [1.807, 2.05) is 60.7 Å². The Bertz CT molecular complexity index is 746. The van der Waals surface area contributed by atoms with Crippen LogP contribution in [0.1, 0.15) is 50.2 Å². The van der Waals surface area contributed by atoms with Gasteiger partial charge in [-0.25, -0.2) is 0 Å². The number of hydrogen-bond donors (Lipinski definition) is 1. The lowest BCUT2D eigenvalue weighted by atomic mass is 9.89. The molecule has 0 unspecified atom stereocenters. The first-order valence-electron chi connectivity index (χ1n) is 9.64. The molecule has 0 fully saturated rings. The Morgan fingerprint density at radius 2 is 1.63 bits per heavy atom. The predicted molar refractivity (Wildman–Crippen MR) is 110 cm³/mol. The maximum Gasteiger partial charge on any atom is 0.327 e. The number of aryl methyl sites for hydroxylation is 1. The Morgan fingerprint density at radius 3 is 2.26 bits per heavy atom. The van der Waals surface area contributed by atoms with Crippen molar-refractivity contribution in [2.45, 2.75) is 57.6 Å². The van der Waals surface area contributed by atoms with Gasteiger partial charge >= 0.3 is 5.97 Å². The molecule has 2 N–H and O–H groups in total. The van der Waals surface area contributed by atoms with Crippen LogP contribution in [-0.4, -0.2) is 11.5 Å². The van der Waals surface area contributed by atoms with Crippen LogP contribution in [0.15, 0.2) is 60.7 Å². The molecule has 0 aromatic heterocycles. The molecule has 0 spiro atoms. The molecule has 0 aliphatic carbocycles. The van der Waals surface area contributed by atoms with Gasteiger partial charge in [-0.3, -0.25) is 4.79 Å². The van der Waals surface area contributed by atoms with E-state index < -0.39 is 5.54 Å². The minimum atomic E-state index is -1.09. The summed E-state index contributed by atoms with van der Waals surface area (Å²) >= 11 is 0. The Hall–Kier alpha value is -2.57. The van der Waals surface area contributed by atoms with Gasteiger partial charge in [0.15, 0.2) is 0 Å². The molecule has 0 radical (unpaired) electrons. The monoisotopic (exact) mass is 363 g/mol. The molecule has 0 saturated heterocycles. The average molecular weight is 364 g/mol. The van der Waals surface area contributed by atoms with Crippen LogP contribution in [0.2, 0.25) is 0 Å². The van der Waals surface area contributed by atoms with Crippen molar-refractivity contribution in [3.63, 3.8) is 0 Å². The van der Waals surface area contributed by atoms with Crippen LogP contribution < -0.4 is 5.73 Å². The van der Waals surface area contributed by atoms with Crippen molar-refractivity contribution in [3.8, 4) is 11.8 Å². The van der Waals surface area contributed by atoms with E-state index in [1.54, 1.807) is 0 Å². The van der Waals surface area contributed by atoms with E-state index in [-0.39, 0.29) is 12.6 Å². The summed E-state index contributed by atoms with van der Waals surface area (Å²) in [5.74, 6) is 5.85. The number of benzene rings is 2. The highest BCUT2D eigenvalue weighted by atomic mass is 16.5. The minimum Gasteiger partial charge on any atom is -0.459 e. The van der Waals surface area contributed by atoms with E-state index in [0.717, 1.165) is 30.4 Å². The lowest BCUT2D eigenvalue weighted by Gasteiger charge is -2.25. The largest absolute Gasteiger partial charge is 0.459 e. The summed E-state index contributed by atoms with van der Waals surface area (Å²) in [5.41, 5.74) is 7.50. The zero-order chi connectivity index (χ0) is 19.4. The van der Waals surface area contributed by atoms with E-state index in [0.29, 0.717) is 19.3 Å². The third-order valence-electron chi connectivity index (χ3n) is 4.51. The van der Waals surface area contributed by atoms with Crippen LogP contribution in [0.5, 0.6) is 0 Å². The quantitative estimate of drug-likeness (QED) is 0.401. The highest BCUT2D eigenvalue weighted by Crippen LogP contribution is 2.19. The SMILES string of the molecule is CCCCC#CC[C@@](N)(CCc1ccccc1)C(=O)OCc1ccccc1. The van der Waals surface area contributed by atoms with E-state index in [1.165, 1.54) is 0 Å². The van der Waals surface area contributed by atoms with Gasteiger partial charge in [0.25, 0.3) is 0 Å². The van der Waals surface area contributed by atoms with Crippen molar-refractivity contribution in [2.75, 3.05) is 0 Å². The lowest BCUT2D eigenvalue weighted by Crippen LogP contribution is -2.49. The summed E-state index contributed by atoms with van der Waals surface area (Å²) < 4.78 is 5.53. The molecule has 2 aromatic carbocycles. The third-order valence-corrected chi connectivity index (χ3v) is 4.51. The van der Waals surface area contributed by atoms with E-state index in [4.69, 9.17) is 10.5 Å². The molecule has 3 nitrogen and oxygen atoms in total. The fraction of sp³-hybridized carbons (Fsp3) is 0.375. The maximum absolute atomic E-state index is 12.8. The molecule has 2 aromatic rings. The van der Waals surface area contributed by atoms with Crippen molar-refractivity contribution < 1.29 is 9.53 Å². The van der Waals surface area contributed by atoms with E-state index in [9.17, 15) is 4.79 Å². The van der Waals surface area contributed by atoms with Gasteiger partial charge in [-0.05, 0) is 30.4 Å². The highest BCUT2D eigenvalue weighted by molar-refractivity contribution is 5.81. The number of ether oxygens (including phenoxy) is 1. The summed E-state index contributed by atoms with van der Waals surface area (Å²) in [4.78, 5) is 12.8. The van der Waals surface area contributed by atoms with Crippen molar-refractivity contribution in [2.24, 2.45) is 5.73 Å². The van der Waals surface area contributed by atoms with Crippen LogP contribution in [0, 0.1) is 11.8 Å². The molecule has 0 aliphatic heterocycles. The van der Waals surface area contributed by atoms with E-state index >= 15 is 0 Å². The first-order chi connectivity index (χ1) is 13.1. The first-order valence-corrected chi connectivity index (χ1v) is 9.64. The highest BCUT2D eigenvalue weighted by Gasteiger charge is 2.34. The van der Waals surface area contributed by atoms with Crippen LogP contribution in [0.25, 0.3) is 0 Å². The fourth-order valence-electron chi connectivity index (χ4n) is 2.72. The topological polar surface area (TPSA) is 52.3 Å². The van der Waals surface area contributed by atoms with Crippen LogP contribution >= 0.6 is 0 Å². The van der Waals surface area contributed by atoms with Crippen molar-refractivity contribution >= 4 is 5.97 Å². The number of rotatable bonds is 9. The van der Waals surface area contributed by atoms with Gasteiger partial charge in [0.2, 0.25) is 0 Å². The predicted octanol–water partition coefficient (Wildman–Crippen LogP) is 4.64. The van der Waals surface area contributed by atoms with Gasteiger partial charge < -0.3 is 10.5 Å². The Labute approximate surface area is 162 Å². The standard InChI is InChI=1S/C24H29NO2/c1-2-3-4-5-12-18-24(25,19-17-21-13-8-6-9-14-21)23(26)27-20-22-15-10-7-11-16-22/h6-11,13-16H,2-4,17-20,25H2,1H3/t24-/m1/s1. The minimum absolute atomic E-state index is 0.229. The number of esters is 1. The number of nitrogens with two attached hydrogens (primary N) is 1. The lowest BCUT2D eigenvalue weighted by molar-refractivity contribution is -0.151. The summed E-state index contributed by atoms with van der Waals surface area (Å²) in [6, 6.07) is 19.7. The maximum atomic E-state index is 12.8. The average Bonchev–Trinajstić information content (AvgIpc) is 2.72. The second-order valence-corrected chi connectivity index (χ2v) is 6.84. The second kappa shape index (κ2) is 11.2. The number of hydrogen-bond acceptors (Lipinski definition) is 3. The van der Waals surface area contributed by atoms with Crippen LogP contribution in [0.3, 0.4) is 0 Å². The zero-order valence-electron chi connectivity index (χ0n) is 16.1. The molecule has 0 bridgehead atoms. The third kappa shape index (κ3) is 7.29. The summed E-state index contributed by atoms with van der Waals surface area (Å²) in [7, 11) is 0. The molecule has 0 amide bonds.